The predicted octanol–water partition coefficient (Wildman–Crippen LogP) is 4.17. The van der Waals surface area contributed by atoms with Crippen LogP contribution in [-0.2, 0) is 4.79 Å². The number of amidine groups is 1. The van der Waals surface area contributed by atoms with Crippen molar-refractivity contribution in [3.8, 4) is 11.1 Å². The molecule has 2 N–H and O–H groups in total. The van der Waals surface area contributed by atoms with E-state index in [1.165, 1.54) is 0 Å². The van der Waals surface area contributed by atoms with Crippen LogP contribution in [0.5, 0.6) is 0 Å². The van der Waals surface area contributed by atoms with Crippen molar-refractivity contribution < 1.29 is 19.4 Å². The zero-order valence-electron chi connectivity index (χ0n) is 21.0. The highest BCUT2D eigenvalue weighted by molar-refractivity contribution is 6.01. The molecule has 7 nitrogen and oxygen atoms in total. The van der Waals surface area contributed by atoms with Gasteiger partial charge in [0.25, 0.3) is 5.91 Å². The second kappa shape index (κ2) is 8.43. The molecular formula is C30H33N3O4. The SMILES string of the molecule is O=C(N1CC[C@@H](CN2C(c3ccc(-c4ccc5occc5c4)cc3)=NC3(CCCC3)C2O)C1)C1(O)CC1. The van der Waals surface area contributed by atoms with Gasteiger partial charge in [-0.1, -0.05) is 43.2 Å². The van der Waals surface area contributed by atoms with Gasteiger partial charge >= 0.3 is 0 Å². The summed E-state index contributed by atoms with van der Waals surface area (Å²) < 4.78 is 5.48. The minimum Gasteiger partial charge on any atom is -0.464 e. The number of rotatable bonds is 5. The number of hydrogen-bond donors (Lipinski definition) is 2. The molecule has 1 saturated heterocycles. The summed E-state index contributed by atoms with van der Waals surface area (Å²) in [6.45, 7) is 1.95. The molecule has 2 aliphatic heterocycles. The first-order valence-corrected chi connectivity index (χ1v) is 13.6. The highest BCUT2D eigenvalue weighted by Crippen LogP contribution is 2.43. The molecule has 2 aliphatic carbocycles. The molecule has 3 fully saturated rings. The minimum absolute atomic E-state index is 0.123. The molecule has 192 valence electrons. The minimum atomic E-state index is -1.12. The van der Waals surface area contributed by atoms with Crippen LogP contribution in [0.1, 0.15) is 50.5 Å². The lowest BCUT2D eigenvalue weighted by Gasteiger charge is -2.33. The van der Waals surface area contributed by atoms with Crippen molar-refractivity contribution in [1.29, 1.82) is 0 Å². The lowest BCUT2D eigenvalue weighted by molar-refractivity contribution is -0.141. The van der Waals surface area contributed by atoms with Crippen LogP contribution in [0.25, 0.3) is 22.1 Å². The van der Waals surface area contributed by atoms with E-state index in [4.69, 9.17) is 9.41 Å². The first kappa shape index (κ1) is 23.0. The molecule has 2 aromatic carbocycles. The molecule has 2 saturated carbocycles. The number of carbonyl (C=O) groups excluding carboxylic acids is 1. The van der Waals surface area contributed by atoms with E-state index in [1.54, 1.807) is 6.26 Å². The van der Waals surface area contributed by atoms with Crippen LogP contribution in [0, 0.1) is 5.92 Å². The molecule has 0 radical (unpaired) electrons. The molecule has 2 atom stereocenters. The summed E-state index contributed by atoms with van der Waals surface area (Å²) in [5.74, 6) is 0.975. The van der Waals surface area contributed by atoms with Gasteiger partial charge in [-0.25, -0.2) is 0 Å². The summed E-state index contributed by atoms with van der Waals surface area (Å²) in [5.41, 5.74) is 2.59. The van der Waals surface area contributed by atoms with Crippen molar-refractivity contribution in [2.24, 2.45) is 10.9 Å². The van der Waals surface area contributed by atoms with Gasteiger partial charge in [-0.15, -0.1) is 0 Å². The molecule has 7 heteroatoms. The first-order chi connectivity index (χ1) is 17.9. The van der Waals surface area contributed by atoms with Crippen molar-refractivity contribution in [1.82, 2.24) is 9.80 Å². The fourth-order valence-corrected chi connectivity index (χ4v) is 6.54. The fraction of sp³-hybridized carbons (Fsp3) is 0.467. The van der Waals surface area contributed by atoms with Crippen LogP contribution in [0.2, 0.25) is 0 Å². The first-order valence-electron chi connectivity index (χ1n) is 13.6. The summed E-state index contributed by atoms with van der Waals surface area (Å²) in [6, 6.07) is 16.6. The van der Waals surface area contributed by atoms with Gasteiger partial charge in [0.1, 0.15) is 22.6 Å². The Labute approximate surface area is 216 Å². The normalized spacial score (nSPS) is 25.8. The third-order valence-corrected chi connectivity index (χ3v) is 8.92. The maximum absolute atomic E-state index is 12.7. The van der Waals surface area contributed by atoms with E-state index in [0.29, 0.717) is 32.5 Å². The van der Waals surface area contributed by atoms with Gasteiger partial charge in [-0.3, -0.25) is 9.79 Å². The highest BCUT2D eigenvalue weighted by atomic mass is 16.3. The number of aliphatic hydroxyl groups is 2. The third kappa shape index (κ3) is 3.87. The fourth-order valence-electron chi connectivity index (χ4n) is 6.54. The van der Waals surface area contributed by atoms with E-state index >= 15 is 0 Å². The van der Waals surface area contributed by atoms with Gasteiger partial charge < -0.3 is 24.4 Å². The van der Waals surface area contributed by atoms with Gasteiger partial charge in [0.05, 0.1) is 6.26 Å². The Morgan fingerprint density at radius 3 is 2.49 bits per heavy atom. The number of hydrogen-bond acceptors (Lipinski definition) is 6. The van der Waals surface area contributed by atoms with E-state index in [-0.39, 0.29) is 11.8 Å². The summed E-state index contributed by atoms with van der Waals surface area (Å²) in [7, 11) is 0. The van der Waals surface area contributed by atoms with Crippen molar-refractivity contribution in [2.45, 2.75) is 62.3 Å². The Kier molecular flexibility index (Phi) is 5.24. The lowest BCUT2D eigenvalue weighted by atomic mass is 9.96. The monoisotopic (exact) mass is 499 g/mol. The summed E-state index contributed by atoms with van der Waals surface area (Å²) in [4.78, 5) is 21.7. The number of nitrogens with zero attached hydrogens (tertiary/aromatic N) is 3. The van der Waals surface area contributed by atoms with E-state index in [9.17, 15) is 15.0 Å². The molecular weight excluding hydrogens is 466 g/mol. The van der Waals surface area contributed by atoms with Gasteiger partial charge in [0.15, 0.2) is 6.23 Å². The summed E-state index contributed by atoms with van der Waals surface area (Å²) >= 11 is 0. The van der Waals surface area contributed by atoms with Crippen molar-refractivity contribution in [3.05, 3.63) is 60.4 Å². The smallest absolute Gasteiger partial charge is 0.254 e. The van der Waals surface area contributed by atoms with Gasteiger partial charge in [0, 0.05) is 30.6 Å². The Morgan fingerprint density at radius 2 is 1.73 bits per heavy atom. The average Bonchev–Trinajstić information content (AvgIpc) is 3.40. The number of likely N-dealkylation sites (tertiary alicyclic amines) is 1. The Hall–Kier alpha value is -3.16. The maximum Gasteiger partial charge on any atom is 0.254 e. The van der Waals surface area contributed by atoms with Crippen LogP contribution < -0.4 is 0 Å². The van der Waals surface area contributed by atoms with Crippen LogP contribution >= 0.6 is 0 Å². The van der Waals surface area contributed by atoms with E-state index in [0.717, 1.165) is 65.6 Å². The zero-order chi connectivity index (χ0) is 25.2. The number of fused-ring (bicyclic) bond motifs is 1. The van der Waals surface area contributed by atoms with Crippen LogP contribution in [0.3, 0.4) is 0 Å². The molecule has 1 aromatic heterocycles. The van der Waals surface area contributed by atoms with E-state index < -0.39 is 17.4 Å². The summed E-state index contributed by atoms with van der Waals surface area (Å²) in [5, 5.41) is 22.9. The molecule has 7 rings (SSSR count). The van der Waals surface area contributed by atoms with Crippen LogP contribution in [0.4, 0.5) is 0 Å². The van der Waals surface area contributed by atoms with E-state index in [1.807, 2.05) is 17.0 Å². The number of aliphatic hydroxyl groups excluding tert-OH is 1. The Balaban J connectivity index is 1.14. The van der Waals surface area contributed by atoms with Crippen molar-refractivity contribution in [3.63, 3.8) is 0 Å². The largest absolute Gasteiger partial charge is 0.464 e. The van der Waals surface area contributed by atoms with Crippen LogP contribution in [-0.4, -0.2) is 68.8 Å². The number of amides is 1. The molecule has 3 heterocycles. The van der Waals surface area contributed by atoms with Crippen molar-refractivity contribution in [2.75, 3.05) is 19.6 Å². The van der Waals surface area contributed by atoms with Gasteiger partial charge in [-0.2, -0.15) is 0 Å². The summed E-state index contributed by atoms with van der Waals surface area (Å²) in [6.07, 6.45) is 7.06. The number of aliphatic imine (C=N–C) groups is 1. The molecule has 1 unspecified atom stereocenters. The van der Waals surface area contributed by atoms with E-state index in [2.05, 4.69) is 41.3 Å². The quantitative estimate of drug-likeness (QED) is 0.550. The number of furan rings is 1. The molecule has 4 aliphatic rings. The number of benzene rings is 2. The third-order valence-electron chi connectivity index (χ3n) is 8.92. The molecule has 1 spiro atoms. The van der Waals surface area contributed by atoms with Gasteiger partial charge in [0.2, 0.25) is 0 Å². The van der Waals surface area contributed by atoms with Crippen LogP contribution in [0.15, 0.2) is 64.2 Å². The number of carbonyl (C=O) groups is 1. The van der Waals surface area contributed by atoms with Gasteiger partial charge in [-0.05, 0) is 67.3 Å². The predicted molar refractivity (Wildman–Crippen MR) is 141 cm³/mol. The average molecular weight is 500 g/mol. The lowest BCUT2D eigenvalue weighted by Crippen LogP contribution is -2.48. The molecule has 0 bridgehead atoms. The topological polar surface area (TPSA) is 89.5 Å². The molecule has 37 heavy (non-hydrogen) atoms. The second-order valence-corrected chi connectivity index (χ2v) is 11.5. The zero-order valence-corrected chi connectivity index (χ0v) is 21.0. The molecule has 1 amide bonds. The maximum atomic E-state index is 12.7. The Bertz CT molecular complexity index is 1370. The second-order valence-electron chi connectivity index (χ2n) is 11.5. The van der Waals surface area contributed by atoms with Crippen molar-refractivity contribution >= 4 is 22.7 Å². The Morgan fingerprint density at radius 1 is 1.00 bits per heavy atom. The standard InChI is InChI=1S/C30H33N3O4/c34-27-29(11-1-2-12-29)31-26(33(27)19-20-9-15-32(18-20)28(35)30(36)13-14-30)22-5-3-21(4-6-22)23-7-8-25-24(17-23)10-16-37-25/h3-8,10,16-17,20,27,34,36H,1-2,9,11-15,18-19H2/t20-,27?/m1/s1. The molecule has 3 aromatic rings. The highest BCUT2D eigenvalue weighted by Gasteiger charge is 2.52.